The Morgan fingerprint density at radius 2 is 0.750 bits per heavy atom. The summed E-state index contributed by atoms with van der Waals surface area (Å²) < 4.78 is 108. The third-order valence-corrected chi connectivity index (χ3v) is 49.4. The van der Waals surface area contributed by atoms with Crippen molar-refractivity contribution in [2.45, 2.75) is 183 Å². The van der Waals surface area contributed by atoms with Gasteiger partial charge in [0.25, 0.3) is 0 Å². The second-order valence-electron chi connectivity index (χ2n) is 22.7. The van der Waals surface area contributed by atoms with Crippen molar-refractivity contribution in [2.24, 2.45) is 35.5 Å². The van der Waals surface area contributed by atoms with Gasteiger partial charge < -0.3 is 64.2 Å². The molecule has 0 saturated carbocycles. The molecule has 64 heavy (non-hydrogen) atoms. The SMILES string of the molecule is CC(C)C[Si]12O[Si]O[Si]3(CC(C)C)O[Si](CC(C)C)(O[Si](C)(C)CCCOCC4CO4)O[Si](CC(C)C)(O[Si](CC(C)C)(O[Si](C)(C)CCCOCC4CO4)O1)O[Si](CC(C)C)(O2)O3. The maximum absolute atomic E-state index is 8.05. The van der Waals surface area contributed by atoms with E-state index < -0.39 is 79.5 Å². The molecule has 4 bridgehead atoms. The van der Waals surface area contributed by atoms with Crippen LogP contribution < -0.4 is 0 Å². The molecule has 5 rings (SSSR count). The van der Waals surface area contributed by atoms with Crippen LogP contribution in [0, 0.1) is 35.5 Å². The molecule has 0 aromatic rings. The van der Waals surface area contributed by atoms with Crippen LogP contribution in [0.5, 0.6) is 0 Å². The van der Waals surface area contributed by atoms with Crippen molar-refractivity contribution in [2.75, 3.05) is 39.6 Å². The lowest BCUT2D eigenvalue weighted by Crippen LogP contribution is -2.81. The third-order valence-electron chi connectivity index (χ3n) is 10.9. The van der Waals surface area contributed by atoms with Crippen LogP contribution >= 0.6 is 0 Å². The molecule has 0 N–H and O–H groups in total. The average Bonchev–Trinajstić information content (AvgIpc) is 4.00. The van der Waals surface area contributed by atoms with E-state index in [1.807, 2.05) is 0 Å². The standard InChI is InChI=1S/C40H88O15Si9/c1-33(2)27-59-45-56-46-60(28-34(3)4)50-62(30-36(7)8,48-58(15,16)22-18-20-42-24-40-26-44-40)54-64(32-38(11)12,55-63(51-59,52-60)31-37(9)10)53-61(49-59,29-35(5)6)47-57(13,14)21-17-19-41-23-39-25-43-39/h33-40H,17-32H2,1-16H3. The number of rotatable bonds is 28. The van der Waals surface area contributed by atoms with Crippen LogP contribution in [0.3, 0.4) is 0 Å². The highest BCUT2D eigenvalue weighted by Crippen LogP contribution is 2.50. The van der Waals surface area contributed by atoms with Crippen molar-refractivity contribution in [3.63, 3.8) is 0 Å². The zero-order chi connectivity index (χ0) is 47.2. The second-order valence-corrected chi connectivity index (χ2v) is 50.5. The van der Waals surface area contributed by atoms with E-state index in [2.05, 4.69) is 109 Å². The Kier molecular flexibility index (Phi) is 20.5. The molecule has 24 heteroatoms. The predicted molar refractivity (Wildman–Crippen MR) is 265 cm³/mol. The first-order valence-corrected chi connectivity index (χ1v) is 43.2. The van der Waals surface area contributed by atoms with Crippen LogP contribution in [0.25, 0.3) is 0 Å². The number of hydrogen-bond acceptors (Lipinski definition) is 15. The maximum atomic E-state index is 8.05. The first kappa shape index (κ1) is 56.3. The van der Waals surface area contributed by atoms with Crippen molar-refractivity contribution >= 4 is 79.5 Å². The Labute approximate surface area is 399 Å². The van der Waals surface area contributed by atoms with E-state index in [0.717, 1.165) is 38.1 Å². The minimum atomic E-state index is -4.06. The van der Waals surface area contributed by atoms with Crippen molar-refractivity contribution in [3.8, 4) is 0 Å². The van der Waals surface area contributed by atoms with Crippen LogP contribution in [-0.2, 0) is 64.2 Å². The molecule has 6 atom stereocenters. The third kappa shape index (κ3) is 17.9. The summed E-state index contributed by atoms with van der Waals surface area (Å²) in [7, 11) is -28.9. The van der Waals surface area contributed by atoms with Gasteiger partial charge in [-0.2, -0.15) is 0 Å². The van der Waals surface area contributed by atoms with E-state index in [-0.39, 0.29) is 47.7 Å². The van der Waals surface area contributed by atoms with Gasteiger partial charge in [-0.1, -0.05) is 83.1 Å². The van der Waals surface area contributed by atoms with Crippen LogP contribution in [-0.4, -0.2) is 131 Å². The van der Waals surface area contributed by atoms with Gasteiger partial charge in [0.15, 0.2) is 16.6 Å². The lowest BCUT2D eigenvalue weighted by Gasteiger charge is -2.58. The molecule has 15 nitrogen and oxygen atoms in total. The fraction of sp³-hybridized carbons (Fsp3) is 1.00. The van der Waals surface area contributed by atoms with Crippen LogP contribution in [0.4, 0.5) is 0 Å². The van der Waals surface area contributed by atoms with Crippen molar-refractivity contribution in [1.82, 2.24) is 0 Å². The first-order valence-electron chi connectivity index (χ1n) is 24.5. The summed E-state index contributed by atoms with van der Waals surface area (Å²) in [6.07, 6.45) is 2.15. The largest absolute Gasteiger partial charge is 0.479 e. The summed E-state index contributed by atoms with van der Waals surface area (Å²) in [6.45, 7) is 39.4. The molecular formula is C40H88O15Si9. The van der Waals surface area contributed by atoms with Gasteiger partial charge in [-0.3, -0.25) is 0 Å². The van der Waals surface area contributed by atoms with Gasteiger partial charge in [-0.15, -0.1) is 0 Å². The Hall–Kier alpha value is 1.35. The monoisotopic (exact) mass is 1060 g/mol. The van der Waals surface area contributed by atoms with Gasteiger partial charge in [0.05, 0.1) is 26.4 Å². The Morgan fingerprint density at radius 1 is 0.453 bits per heavy atom. The van der Waals surface area contributed by atoms with Crippen molar-refractivity contribution in [1.29, 1.82) is 0 Å². The highest BCUT2D eigenvalue weighted by molar-refractivity contribution is 6.98. The van der Waals surface area contributed by atoms with Crippen molar-refractivity contribution < 1.29 is 64.2 Å². The molecule has 6 unspecified atom stereocenters. The molecule has 0 aromatic heterocycles. The van der Waals surface area contributed by atoms with Crippen LogP contribution in [0.1, 0.15) is 95.9 Å². The highest BCUT2D eigenvalue weighted by atomic mass is 28.6. The smallest absolute Gasteiger partial charge is 0.416 e. The predicted octanol–water partition coefficient (Wildman–Crippen LogP) is 9.33. The van der Waals surface area contributed by atoms with Gasteiger partial charge in [-0.05, 0) is 86.6 Å². The fourth-order valence-corrected chi connectivity index (χ4v) is 55.0. The summed E-state index contributed by atoms with van der Waals surface area (Å²) in [6, 6.07) is 4.76. The summed E-state index contributed by atoms with van der Waals surface area (Å²) in [4.78, 5) is 0. The van der Waals surface area contributed by atoms with Gasteiger partial charge in [0.2, 0.25) is 0 Å². The van der Waals surface area contributed by atoms with Crippen LogP contribution in [0.15, 0.2) is 0 Å². The number of hydrogen-bond donors (Lipinski definition) is 0. The van der Waals surface area contributed by atoms with E-state index >= 15 is 0 Å². The minimum absolute atomic E-state index is 0.0979. The van der Waals surface area contributed by atoms with Gasteiger partial charge in [0.1, 0.15) is 12.2 Å². The fourth-order valence-electron chi connectivity index (χ4n) is 8.83. The number of epoxide rings is 2. The lowest BCUT2D eigenvalue weighted by molar-refractivity contribution is 0.0217. The average molecular weight is 1060 g/mol. The maximum Gasteiger partial charge on any atom is 0.479 e. The molecule has 0 aliphatic carbocycles. The molecule has 374 valence electrons. The molecule has 5 heterocycles. The van der Waals surface area contributed by atoms with E-state index in [4.69, 9.17) is 64.2 Å². The summed E-state index contributed by atoms with van der Waals surface area (Å²) in [5.74, 6) is 0.801. The molecule has 5 aliphatic heterocycles. The molecule has 5 aliphatic rings. The highest BCUT2D eigenvalue weighted by Gasteiger charge is 2.76. The van der Waals surface area contributed by atoms with E-state index in [0.29, 0.717) is 62.7 Å². The Morgan fingerprint density at radius 3 is 1.08 bits per heavy atom. The van der Waals surface area contributed by atoms with E-state index in [9.17, 15) is 0 Å². The van der Waals surface area contributed by atoms with Gasteiger partial charge >= 0.3 is 62.8 Å². The van der Waals surface area contributed by atoms with Gasteiger partial charge in [-0.25, -0.2) is 0 Å². The minimum Gasteiger partial charge on any atom is -0.416 e. The second kappa shape index (κ2) is 23.3. The zero-order valence-electron chi connectivity index (χ0n) is 42.6. The molecule has 5 fully saturated rings. The first-order chi connectivity index (χ1) is 29.7. The molecule has 0 spiro atoms. The number of fused-ring (bicyclic) bond motifs is 3. The topological polar surface area (TPSA) is 145 Å². The molecule has 0 amide bonds. The molecular weight excluding hydrogens is 973 g/mol. The molecule has 0 aromatic carbocycles. The van der Waals surface area contributed by atoms with Gasteiger partial charge in [0, 0.05) is 49.5 Å². The lowest BCUT2D eigenvalue weighted by atomic mass is 10.3. The summed E-state index contributed by atoms with van der Waals surface area (Å²) >= 11 is 0. The van der Waals surface area contributed by atoms with Crippen LogP contribution in [0.2, 0.25) is 74.5 Å². The normalized spacial score (nSPS) is 34.8. The molecule has 5 saturated heterocycles. The summed E-state index contributed by atoms with van der Waals surface area (Å²) in [5, 5.41) is 0. The summed E-state index contributed by atoms with van der Waals surface area (Å²) in [5.41, 5.74) is 0. The van der Waals surface area contributed by atoms with E-state index in [1.54, 1.807) is 0 Å². The number of ether oxygens (including phenoxy) is 4. The van der Waals surface area contributed by atoms with E-state index in [1.165, 1.54) is 0 Å². The zero-order valence-corrected chi connectivity index (χ0v) is 51.6. The molecule has 2 radical (unpaired) electrons. The quantitative estimate of drug-likeness (QED) is 0.0417. The Bertz CT molecular complexity index is 1360. The van der Waals surface area contributed by atoms with Crippen molar-refractivity contribution in [3.05, 3.63) is 0 Å². The Balaban J connectivity index is 1.71.